The van der Waals surface area contributed by atoms with Crippen LogP contribution in [-0.4, -0.2) is 31.3 Å². The van der Waals surface area contributed by atoms with Crippen LogP contribution >= 0.6 is 34.8 Å². The van der Waals surface area contributed by atoms with Crippen molar-refractivity contribution in [2.75, 3.05) is 25.6 Å². The molecule has 0 bridgehead atoms. The zero-order chi connectivity index (χ0) is 22.1. The third kappa shape index (κ3) is 7.11. The van der Waals surface area contributed by atoms with Gasteiger partial charge in [0, 0.05) is 17.3 Å². The molecule has 8 heteroatoms. The number of carbonyl (C=O) groups is 1. The maximum absolute atomic E-state index is 12.4. The van der Waals surface area contributed by atoms with Gasteiger partial charge in [-0.3, -0.25) is 10.1 Å². The molecule has 0 aliphatic heterocycles. The van der Waals surface area contributed by atoms with Crippen LogP contribution in [-0.2, 0) is 0 Å². The summed E-state index contributed by atoms with van der Waals surface area (Å²) in [6.07, 6.45) is 0. The maximum atomic E-state index is 12.4. The number of thiocarbonyl (C=S) groups is 1. The lowest BCUT2D eigenvalue weighted by Crippen LogP contribution is -2.34. The number of rotatable bonds is 8. The molecule has 0 aliphatic carbocycles. The van der Waals surface area contributed by atoms with Crippen LogP contribution in [0, 0.1) is 3.57 Å². The summed E-state index contributed by atoms with van der Waals surface area (Å²) in [5.41, 5.74) is 1.20. The Morgan fingerprint density at radius 2 is 1.65 bits per heavy atom. The van der Waals surface area contributed by atoms with Gasteiger partial charge in [-0.15, -0.1) is 0 Å². The molecule has 31 heavy (non-hydrogen) atoms. The van der Waals surface area contributed by atoms with Gasteiger partial charge in [0.1, 0.15) is 30.5 Å². The molecule has 0 saturated carbocycles. The van der Waals surface area contributed by atoms with Crippen molar-refractivity contribution >= 4 is 51.5 Å². The second-order valence-corrected chi connectivity index (χ2v) is 7.87. The first-order valence-corrected chi connectivity index (χ1v) is 10.9. The van der Waals surface area contributed by atoms with Crippen molar-refractivity contribution in [3.05, 3.63) is 81.9 Å². The minimum Gasteiger partial charge on any atom is -0.496 e. The summed E-state index contributed by atoms with van der Waals surface area (Å²) >= 11 is 7.38. The van der Waals surface area contributed by atoms with E-state index in [1.165, 1.54) is 0 Å². The summed E-state index contributed by atoms with van der Waals surface area (Å²) in [5, 5.41) is 5.87. The number of nitrogens with one attached hydrogen (secondary N) is 2. The van der Waals surface area contributed by atoms with E-state index in [2.05, 4.69) is 33.2 Å². The van der Waals surface area contributed by atoms with Crippen LogP contribution in [0.1, 0.15) is 10.4 Å². The van der Waals surface area contributed by atoms with Crippen molar-refractivity contribution < 1.29 is 19.0 Å². The van der Waals surface area contributed by atoms with Crippen molar-refractivity contribution in [3.63, 3.8) is 0 Å². The maximum Gasteiger partial charge on any atom is 0.257 e. The zero-order valence-electron chi connectivity index (χ0n) is 16.8. The number of amides is 1. The van der Waals surface area contributed by atoms with E-state index in [0.29, 0.717) is 36.0 Å². The lowest BCUT2D eigenvalue weighted by Gasteiger charge is -2.12. The number of carbonyl (C=O) groups excluding carboxylic acids is 1. The molecule has 3 rings (SSSR count). The lowest BCUT2D eigenvalue weighted by molar-refractivity contribution is 0.0977. The quantitative estimate of drug-likeness (QED) is 0.238. The Balaban J connectivity index is 1.48. The second-order valence-electron chi connectivity index (χ2n) is 6.30. The minimum absolute atomic E-state index is 0.195. The third-order valence-electron chi connectivity index (χ3n) is 4.10. The molecule has 0 saturated heterocycles. The van der Waals surface area contributed by atoms with Crippen LogP contribution in [0.25, 0.3) is 0 Å². The minimum atomic E-state index is -0.302. The highest BCUT2D eigenvalue weighted by molar-refractivity contribution is 14.1. The van der Waals surface area contributed by atoms with Crippen molar-refractivity contribution in [1.82, 2.24) is 5.32 Å². The Morgan fingerprint density at radius 3 is 2.35 bits per heavy atom. The molecule has 0 radical (unpaired) electrons. The lowest BCUT2D eigenvalue weighted by atomic mass is 10.2. The number of halogens is 1. The highest BCUT2D eigenvalue weighted by Gasteiger charge is 2.11. The van der Waals surface area contributed by atoms with E-state index in [9.17, 15) is 4.79 Å². The number of para-hydroxylation sites is 1. The summed E-state index contributed by atoms with van der Waals surface area (Å²) in [5.74, 6) is 1.88. The van der Waals surface area contributed by atoms with Crippen LogP contribution in [0.2, 0.25) is 0 Å². The van der Waals surface area contributed by atoms with Crippen LogP contribution in [0.15, 0.2) is 72.8 Å². The fraction of sp³-hybridized carbons (Fsp3) is 0.130. The van der Waals surface area contributed by atoms with E-state index in [1.54, 1.807) is 31.4 Å². The van der Waals surface area contributed by atoms with Crippen LogP contribution < -0.4 is 24.8 Å². The molecule has 2 N–H and O–H groups in total. The Kier molecular flexibility index (Phi) is 8.48. The molecule has 0 fully saturated rings. The van der Waals surface area contributed by atoms with Crippen molar-refractivity contribution in [1.29, 1.82) is 0 Å². The molecule has 0 unspecified atom stereocenters. The molecular formula is C23H21IN2O4S. The monoisotopic (exact) mass is 548 g/mol. The number of hydrogen-bond acceptors (Lipinski definition) is 5. The second kappa shape index (κ2) is 11.5. The van der Waals surface area contributed by atoms with Gasteiger partial charge >= 0.3 is 0 Å². The molecule has 0 aromatic heterocycles. The zero-order valence-corrected chi connectivity index (χ0v) is 19.7. The Labute approximate surface area is 200 Å². The molecule has 0 atom stereocenters. The molecule has 3 aromatic carbocycles. The first kappa shape index (κ1) is 22.8. The number of benzene rings is 3. The molecule has 0 spiro atoms. The first-order valence-electron chi connectivity index (χ1n) is 9.42. The Hall–Kier alpha value is -2.85. The summed E-state index contributed by atoms with van der Waals surface area (Å²) in [7, 11) is 1.59. The van der Waals surface area contributed by atoms with E-state index in [1.807, 2.05) is 48.5 Å². The van der Waals surface area contributed by atoms with Crippen molar-refractivity contribution in [2.45, 2.75) is 0 Å². The average Bonchev–Trinajstić information content (AvgIpc) is 2.77. The number of anilines is 1. The molecule has 3 aromatic rings. The Bertz CT molecular complexity index is 1050. The molecule has 0 heterocycles. The van der Waals surface area contributed by atoms with Gasteiger partial charge < -0.3 is 19.5 Å². The van der Waals surface area contributed by atoms with Crippen LogP contribution in [0.5, 0.6) is 17.2 Å². The number of ether oxygens (including phenoxy) is 3. The van der Waals surface area contributed by atoms with Gasteiger partial charge in [0.25, 0.3) is 5.91 Å². The molecular weight excluding hydrogens is 527 g/mol. The van der Waals surface area contributed by atoms with E-state index in [-0.39, 0.29) is 11.0 Å². The van der Waals surface area contributed by atoms with E-state index in [4.69, 9.17) is 26.4 Å². The van der Waals surface area contributed by atoms with Crippen LogP contribution in [0.3, 0.4) is 0 Å². The van der Waals surface area contributed by atoms with Gasteiger partial charge in [-0.1, -0.05) is 24.3 Å². The first-order chi connectivity index (χ1) is 15.0. The highest BCUT2D eigenvalue weighted by atomic mass is 127. The van der Waals surface area contributed by atoms with Gasteiger partial charge in [0.05, 0.1) is 10.7 Å². The van der Waals surface area contributed by atoms with E-state index in [0.717, 1.165) is 9.32 Å². The predicted molar refractivity (Wildman–Crippen MR) is 133 cm³/mol. The summed E-state index contributed by atoms with van der Waals surface area (Å²) in [4.78, 5) is 12.4. The summed E-state index contributed by atoms with van der Waals surface area (Å²) in [6, 6.07) is 22.1. The molecule has 0 aliphatic rings. The topological polar surface area (TPSA) is 68.8 Å². The summed E-state index contributed by atoms with van der Waals surface area (Å²) < 4.78 is 17.4. The normalized spacial score (nSPS) is 10.1. The largest absolute Gasteiger partial charge is 0.496 e. The van der Waals surface area contributed by atoms with Gasteiger partial charge in [-0.2, -0.15) is 0 Å². The van der Waals surface area contributed by atoms with Gasteiger partial charge in [-0.25, -0.2) is 0 Å². The number of methoxy groups -OCH3 is 1. The smallest absolute Gasteiger partial charge is 0.257 e. The van der Waals surface area contributed by atoms with Crippen LogP contribution in [0.4, 0.5) is 5.69 Å². The third-order valence-corrected chi connectivity index (χ3v) is 5.14. The Morgan fingerprint density at radius 1 is 0.935 bits per heavy atom. The number of hydrogen-bond donors (Lipinski definition) is 2. The predicted octanol–water partition coefficient (Wildman–Crippen LogP) is 4.88. The average molecular weight is 548 g/mol. The van der Waals surface area contributed by atoms with Gasteiger partial charge in [0.15, 0.2) is 5.11 Å². The van der Waals surface area contributed by atoms with E-state index >= 15 is 0 Å². The SMILES string of the molecule is COc1ccc(C(=O)NC(=S)Nc2cccc(OCCOc3ccccc3)c2)cc1I. The molecule has 160 valence electrons. The summed E-state index contributed by atoms with van der Waals surface area (Å²) in [6.45, 7) is 0.826. The fourth-order valence-electron chi connectivity index (χ4n) is 2.64. The molecule has 1 amide bonds. The standard InChI is InChI=1S/C23H21IN2O4S/c1-28-21-11-10-16(14-20(21)24)22(27)26-23(31)25-17-6-5-9-19(15-17)30-13-12-29-18-7-3-2-4-8-18/h2-11,14-15H,12-13H2,1H3,(H2,25,26,27,31). The van der Waals surface area contributed by atoms with Crippen molar-refractivity contribution in [3.8, 4) is 17.2 Å². The molecule has 6 nitrogen and oxygen atoms in total. The van der Waals surface area contributed by atoms with Gasteiger partial charge in [0.2, 0.25) is 0 Å². The fourth-order valence-corrected chi connectivity index (χ4v) is 3.59. The van der Waals surface area contributed by atoms with Crippen molar-refractivity contribution in [2.24, 2.45) is 0 Å². The highest BCUT2D eigenvalue weighted by Crippen LogP contribution is 2.22. The van der Waals surface area contributed by atoms with Gasteiger partial charge in [-0.05, 0) is 77.3 Å². The van der Waals surface area contributed by atoms with E-state index < -0.39 is 0 Å².